The molecule has 7 nitrogen and oxygen atoms in total. The van der Waals surface area contributed by atoms with Crippen molar-refractivity contribution in [3.05, 3.63) is 22.7 Å². The van der Waals surface area contributed by atoms with E-state index in [9.17, 15) is 9.59 Å². The van der Waals surface area contributed by atoms with Gasteiger partial charge in [0.05, 0.1) is 23.4 Å². The number of halogens is 1. The molecular weight excluding hydrogens is 358 g/mol. The molecule has 0 unspecified atom stereocenters. The second-order valence-corrected chi connectivity index (χ2v) is 7.46. The Labute approximate surface area is 160 Å². The number of carbonyl (C=O) groups is 2. The number of anilines is 1. The number of hydrogen-bond donors (Lipinski definition) is 1. The lowest BCUT2D eigenvalue weighted by Gasteiger charge is -2.25. The molecule has 0 saturated carbocycles. The van der Waals surface area contributed by atoms with Gasteiger partial charge in [-0.1, -0.05) is 11.6 Å². The van der Waals surface area contributed by atoms with E-state index in [0.717, 1.165) is 0 Å². The van der Waals surface area contributed by atoms with Crippen LogP contribution < -0.4 is 10.5 Å². The third kappa shape index (κ3) is 6.29. The number of hydrogen-bond acceptors (Lipinski definition) is 5. The highest BCUT2D eigenvalue weighted by Crippen LogP contribution is 2.29. The van der Waals surface area contributed by atoms with E-state index >= 15 is 0 Å². The molecule has 0 atom stereocenters. The highest BCUT2D eigenvalue weighted by molar-refractivity contribution is 6.33. The monoisotopic (exact) mass is 385 g/mol. The maximum Gasteiger partial charge on any atom is 0.410 e. The molecule has 0 fully saturated rings. The zero-order valence-corrected chi connectivity index (χ0v) is 17.0. The summed E-state index contributed by atoms with van der Waals surface area (Å²) >= 11 is 6.02. The molecular formula is C18H28ClN3O4. The molecule has 0 heterocycles. The van der Waals surface area contributed by atoms with Gasteiger partial charge in [0.25, 0.3) is 5.91 Å². The highest BCUT2D eigenvalue weighted by Gasteiger charge is 2.21. The largest absolute Gasteiger partial charge is 0.496 e. The van der Waals surface area contributed by atoms with Crippen molar-refractivity contribution in [3.63, 3.8) is 0 Å². The number of rotatable bonds is 6. The molecule has 0 bridgehead atoms. The zero-order chi connectivity index (χ0) is 20.1. The van der Waals surface area contributed by atoms with Crippen LogP contribution in [0.25, 0.3) is 0 Å². The lowest BCUT2D eigenvalue weighted by atomic mass is 10.1. The van der Waals surface area contributed by atoms with Crippen molar-refractivity contribution in [2.45, 2.75) is 32.8 Å². The third-order valence-electron chi connectivity index (χ3n) is 3.59. The molecule has 2 N–H and O–H groups in total. The minimum absolute atomic E-state index is 0.233. The number of nitrogen functional groups attached to an aromatic ring is 1. The molecule has 1 rings (SSSR count). The normalized spacial score (nSPS) is 11.0. The van der Waals surface area contributed by atoms with Crippen LogP contribution in [0.15, 0.2) is 12.1 Å². The van der Waals surface area contributed by atoms with Crippen LogP contribution in [0.5, 0.6) is 5.75 Å². The summed E-state index contributed by atoms with van der Waals surface area (Å²) in [5.74, 6) is 0.137. The van der Waals surface area contributed by atoms with Crippen molar-refractivity contribution in [1.29, 1.82) is 0 Å². The maximum atomic E-state index is 12.6. The smallest absolute Gasteiger partial charge is 0.410 e. The van der Waals surface area contributed by atoms with Crippen molar-refractivity contribution in [3.8, 4) is 5.75 Å². The summed E-state index contributed by atoms with van der Waals surface area (Å²) in [5, 5.41) is 0.298. The second kappa shape index (κ2) is 8.98. The van der Waals surface area contributed by atoms with Gasteiger partial charge >= 0.3 is 6.09 Å². The fourth-order valence-electron chi connectivity index (χ4n) is 2.19. The van der Waals surface area contributed by atoms with Crippen LogP contribution in [0.3, 0.4) is 0 Å². The van der Waals surface area contributed by atoms with Crippen molar-refractivity contribution >= 4 is 29.3 Å². The van der Waals surface area contributed by atoms with Gasteiger partial charge in [-0.05, 0) is 33.3 Å². The number of methoxy groups -OCH3 is 1. The molecule has 1 aromatic carbocycles. The molecule has 0 radical (unpaired) electrons. The van der Waals surface area contributed by atoms with E-state index in [-0.39, 0.29) is 5.91 Å². The van der Waals surface area contributed by atoms with Gasteiger partial charge in [-0.2, -0.15) is 0 Å². The Bertz CT molecular complexity index is 659. The summed E-state index contributed by atoms with van der Waals surface area (Å²) in [5.41, 5.74) is 5.89. The second-order valence-electron chi connectivity index (χ2n) is 7.06. The van der Waals surface area contributed by atoms with Crippen LogP contribution in [0.4, 0.5) is 10.5 Å². The molecule has 26 heavy (non-hydrogen) atoms. The summed E-state index contributed by atoms with van der Waals surface area (Å²) in [6.45, 7) is 6.37. The summed E-state index contributed by atoms with van der Waals surface area (Å²) in [6.07, 6.45) is 0.210. The predicted molar refractivity (Wildman–Crippen MR) is 103 cm³/mol. The number of ether oxygens (including phenoxy) is 2. The Hall–Kier alpha value is -2.15. The minimum atomic E-state index is -0.539. The zero-order valence-electron chi connectivity index (χ0n) is 16.3. The average molecular weight is 386 g/mol. The van der Waals surface area contributed by atoms with E-state index in [1.807, 2.05) is 20.8 Å². The van der Waals surface area contributed by atoms with E-state index in [0.29, 0.717) is 41.5 Å². The first kappa shape index (κ1) is 21.9. The quantitative estimate of drug-likeness (QED) is 0.759. The fourth-order valence-corrected chi connectivity index (χ4v) is 2.35. The highest BCUT2D eigenvalue weighted by atomic mass is 35.5. The topological polar surface area (TPSA) is 85.1 Å². The Balaban J connectivity index is 2.63. The van der Waals surface area contributed by atoms with Gasteiger partial charge in [0.1, 0.15) is 11.4 Å². The Kier molecular flexibility index (Phi) is 7.56. The first-order valence-electron chi connectivity index (χ1n) is 8.29. The molecule has 2 amide bonds. The Morgan fingerprint density at radius 1 is 1.15 bits per heavy atom. The number of nitrogens with two attached hydrogens (primary N) is 1. The number of nitrogens with zero attached hydrogens (tertiary/aromatic N) is 2. The minimum Gasteiger partial charge on any atom is -0.496 e. The molecule has 0 aliphatic heterocycles. The molecule has 0 spiro atoms. The third-order valence-corrected chi connectivity index (χ3v) is 3.92. The van der Waals surface area contributed by atoms with E-state index in [4.69, 9.17) is 26.8 Å². The van der Waals surface area contributed by atoms with Gasteiger partial charge in [-0.25, -0.2) is 4.79 Å². The summed E-state index contributed by atoms with van der Waals surface area (Å²) in [4.78, 5) is 27.6. The molecule has 0 aliphatic carbocycles. The van der Waals surface area contributed by atoms with Gasteiger partial charge in [0.15, 0.2) is 0 Å². The predicted octanol–water partition coefficient (Wildman–Crippen LogP) is 3.26. The number of carbonyl (C=O) groups excluding carboxylic acids is 2. The van der Waals surface area contributed by atoms with Crippen molar-refractivity contribution in [2.24, 2.45) is 0 Å². The van der Waals surface area contributed by atoms with Crippen LogP contribution in [-0.2, 0) is 4.74 Å². The van der Waals surface area contributed by atoms with E-state index in [1.165, 1.54) is 24.1 Å². The lowest BCUT2D eigenvalue weighted by molar-refractivity contribution is 0.0294. The van der Waals surface area contributed by atoms with Gasteiger partial charge in [-0.15, -0.1) is 0 Å². The van der Waals surface area contributed by atoms with Crippen LogP contribution >= 0.6 is 11.6 Å². The first-order chi connectivity index (χ1) is 12.0. The summed E-state index contributed by atoms with van der Waals surface area (Å²) in [7, 11) is 4.81. The van der Waals surface area contributed by atoms with E-state index in [2.05, 4.69) is 0 Å². The number of amides is 2. The Morgan fingerprint density at radius 3 is 2.27 bits per heavy atom. The van der Waals surface area contributed by atoms with E-state index < -0.39 is 11.7 Å². The summed E-state index contributed by atoms with van der Waals surface area (Å²) in [6, 6.07) is 3.03. The van der Waals surface area contributed by atoms with E-state index in [1.54, 1.807) is 19.0 Å². The SMILES string of the molecule is COc1cc(N)c(Cl)cc1C(=O)N(C)CCCN(C)C(=O)OC(C)(C)C. The van der Waals surface area contributed by atoms with Crippen LogP contribution in [0.1, 0.15) is 37.6 Å². The molecule has 1 aromatic rings. The molecule has 0 aromatic heterocycles. The van der Waals surface area contributed by atoms with Crippen LogP contribution in [0, 0.1) is 0 Å². The van der Waals surface area contributed by atoms with Gasteiger partial charge in [0.2, 0.25) is 0 Å². The molecule has 0 aliphatic rings. The molecule has 146 valence electrons. The average Bonchev–Trinajstić information content (AvgIpc) is 2.54. The molecule has 0 saturated heterocycles. The van der Waals surface area contributed by atoms with Crippen molar-refractivity contribution < 1.29 is 19.1 Å². The van der Waals surface area contributed by atoms with Gasteiger partial charge in [-0.3, -0.25) is 4.79 Å². The van der Waals surface area contributed by atoms with Crippen LogP contribution in [0.2, 0.25) is 5.02 Å². The standard InChI is InChI=1S/C18H28ClN3O4/c1-18(2,3)26-17(24)22(5)9-7-8-21(4)16(23)12-10-13(19)14(20)11-15(12)25-6/h10-11H,7-9,20H2,1-6H3. The maximum absolute atomic E-state index is 12.6. The van der Waals surface area contributed by atoms with Crippen molar-refractivity contribution in [2.75, 3.05) is 40.0 Å². The van der Waals surface area contributed by atoms with Gasteiger partial charge in [0, 0.05) is 33.3 Å². The Morgan fingerprint density at radius 2 is 1.73 bits per heavy atom. The summed E-state index contributed by atoms with van der Waals surface area (Å²) < 4.78 is 10.5. The lowest BCUT2D eigenvalue weighted by Crippen LogP contribution is -2.36. The fraction of sp³-hybridized carbons (Fsp3) is 0.556. The first-order valence-corrected chi connectivity index (χ1v) is 8.66. The van der Waals surface area contributed by atoms with Crippen molar-refractivity contribution in [1.82, 2.24) is 9.80 Å². The van der Waals surface area contributed by atoms with Gasteiger partial charge < -0.3 is 25.0 Å². The molecule has 8 heteroatoms. The number of benzene rings is 1. The van der Waals surface area contributed by atoms with Crippen LogP contribution in [-0.4, -0.2) is 61.7 Å².